The predicted molar refractivity (Wildman–Crippen MR) is 99.0 cm³/mol. The van der Waals surface area contributed by atoms with E-state index in [1.807, 2.05) is 6.20 Å². The first kappa shape index (κ1) is 17.5. The van der Waals surface area contributed by atoms with Crippen molar-refractivity contribution in [2.24, 2.45) is 0 Å². The Hall–Kier alpha value is -1.86. The molecule has 7 heteroatoms. The van der Waals surface area contributed by atoms with Gasteiger partial charge in [-0.05, 0) is 44.7 Å². The molecule has 0 amide bonds. The molecular formula is C19H25N3O3S. The van der Waals surface area contributed by atoms with Crippen molar-refractivity contribution in [3.63, 3.8) is 0 Å². The predicted octanol–water partition coefficient (Wildman–Crippen LogP) is 3.10. The molecule has 0 spiro atoms. The lowest BCUT2D eigenvalue weighted by molar-refractivity contribution is 0.268. The first-order valence-corrected chi connectivity index (χ1v) is 10.6. The SMILES string of the molecule is COc1cccc(S(=O)(=O)N2CCC(n3c(C)cnc3C3CC3)CC2)c1. The highest BCUT2D eigenvalue weighted by atomic mass is 32.2. The van der Waals surface area contributed by atoms with Gasteiger partial charge in [0.15, 0.2) is 0 Å². The summed E-state index contributed by atoms with van der Waals surface area (Å²) in [6.07, 6.45) is 6.03. The average molecular weight is 375 g/mol. The number of methoxy groups -OCH3 is 1. The van der Waals surface area contributed by atoms with Gasteiger partial charge in [-0.3, -0.25) is 0 Å². The van der Waals surface area contributed by atoms with E-state index >= 15 is 0 Å². The molecule has 26 heavy (non-hydrogen) atoms. The van der Waals surface area contributed by atoms with Crippen LogP contribution >= 0.6 is 0 Å². The third-order valence-corrected chi connectivity index (χ3v) is 7.32. The van der Waals surface area contributed by atoms with E-state index in [2.05, 4.69) is 16.5 Å². The van der Waals surface area contributed by atoms with Crippen LogP contribution in [0.1, 0.15) is 49.2 Å². The number of rotatable bonds is 5. The van der Waals surface area contributed by atoms with Crippen molar-refractivity contribution in [3.05, 3.63) is 42.0 Å². The van der Waals surface area contributed by atoms with Gasteiger partial charge in [0, 0.05) is 43.0 Å². The number of hydrogen-bond donors (Lipinski definition) is 0. The zero-order chi connectivity index (χ0) is 18.3. The Morgan fingerprint density at radius 2 is 1.88 bits per heavy atom. The van der Waals surface area contributed by atoms with E-state index in [-0.39, 0.29) is 0 Å². The second kappa shape index (κ2) is 6.70. The van der Waals surface area contributed by atoms with Gasteiger partial charge in [-0.25, -0.2) is 13.4 Å². The quantitative estimate of drug-likeness (QED) is 0.805. The Bertz CT molecular complexity index is 895. The van der Waals surface area contributed by atoms with E-state index in [1.54, 1.807) is 35.7 Å². The molecule has 0 atom stereocenters. The first-order valence-electron chi connectivity index (χ1n) is 9.18. The van der Waals surface area contributed by atoms with Crippen molar-refractivity contribution in [3.8, 4) is 5.75 Å². The van der Waals surface area contributed by atoms with Crippen LogP contribution in [0, 0.1) is 6.92 Å². The van der Waals surface area contributed by atoms with Gasteiger partial charge in [0.2, 0.25) is 10.0 Å². The largest absolute Gasteiger partial charge is 0.497 e. The number of imidazole rings is 1. The summed E-state index contributed by atoms with van der Waals surface area (Å²) in [4.78, 5) is 4.90. The highest BCUT2D eigenvalue weighted by Gasteiger charge is 2.34. The van der Waals surface area contributed by atoms with Crippen LogP contribution in [0.4, 0.5) is 0 Å². The smallest absolute Gasteiger partial charge is 0.243 e. The molecule has 6 nitrogen and oxygen atoms in total. The number of aryl methyl sites for hydroxylation is 1. The Kier molecular flexibility index (Phi) is 4.52. The molecule has 1 saturated heterocycles. The Morgan fingerprint density at radius 1 is 1.15 bits per heavy atom. The van der Waals surface area contributed by atoms with E-state index in [4.69, 9.17) is 4.74 Å². The summed E-state index contributed by atoms with van der Waals surface area (Å²) in [6, 6.07) is 7.04. The van der Waals surface area contributed by atoms with Crippen molar-refractivity contribution in [1.82, 2.24) is 13.9 Å². The zero-order valence-corrected chi connectivity index (χ0v) is 16.1. The fraction of sp³-hybridized carbons (Fsp3) is 0.526. The summed E-state index contributed by atoms with van der Waals surface area (Å²) in [5.74, 6) is 2.35. The molecule has 1 aliphatic carbocycles. The molecule has 1 aromatic heterocycles. The molecule has 2 aromatic rings. The van der Waals surface area contributed by atoms with E-state index in [0.717, 1.165) is 12.8 Å². The lowest BCUT2D eigenvalue weighted by Gasteiger charge is -2.33. The minimum atomic E-state index is -3.48. The van der Waals surface area contributed by atoms with Crippen molar-refractivity contribution in [2.75, 3.05) is 20.2 Å². The number of benzene rings is 1. The molecule has 1 aromatic carbocycles. The van der Waals surface area contributed by atoms with Crippen LogP contribution in [-0.2, 0) is 10.0 Å². The minimum Gasteiger partial charge on any atom is -0.497 e. The number of sulfonamides is 1. The molecule has 0 N–H and O–H groups in total. The van der Waals surface area contributed by atoms with Crippen LogP contribution in [-0.4, -0.2) is 42.5 Å². The third kappa shape index (κ3) is 3.14. The van der Waals surface area contributed by atoms with E-state index in [9.17, 15) is 8.42 Å². The topological polar surface area (TPSA) is 64.4 Å². The first-order chi connectivity index (χ1) is 12.5. The maximum absolute atomic E-state index is 13.0. The normalized spacial score (nSPS) is 19.6. The lowest BCUT2D eigenvalue weighted by Crippen LogP contribution is -2.39. The standard InChI is InChI=1S/C19H25N3O3S/c1-14-13-20-19(15-6-7-15)22(14)16-8-10-21(11-9-16)26(23,24)18-5-3-4-17(12-18)25-2/h3-5,12-13,15-16H,6-11H2,1-2H3. The maximum atomic E-state index is 13.0. The monoisotopic (exact) mass is 375 g/mol. The van der Waals surface area contributed by atoms with Crippen molar-refractivity contribution < 1.29 is 13.2 Å². The van der Waals surface area contributed by atoms with Crippen molar-refractivity contribution in [2.45, 2.75) is 49.5 Å². The fourth-order valence-corrected chi connectivity index (χ4v) is 5.34. The number of ether oxygens (including phenoxy) is 1. The van der Waals surface area contributed by atoms with Crippen LogP contribution < -0.4 is 4.74 Å². The number of aromatic nitrogens is 2. The molecule has 1 saturated carbocycles. The van der Waals surface area contributed by atoms with Crippen molar-refractivity contribution in [1.29, 1.82) is 0 Å². The van der Waals surface area contributed by atoms with Crippen molar-refractivity contribution >= 4 is 10.0 Å². The molecule has 1 aliphatic heterocycles. The second-order valence-corrected chi connectivity index (χ2v) is 9.15. The summed E-state index contributed by atoms with van der Waals surface area (Å²) in [6.45, 7) is 3.16. The van der Waals surface area contributed by atoms with Gasteiger partial charge in [-0.15, -0.1) is 0 Å². The van der Waals surface area contributed by atoms with Gasteiger partial charge < -0.3 is 9.30 Å². The van der Waals surface area contributed by atoms with Crippen LogP contribution in [0.25, 0.3) is 0 Å². The number of hydrogen-bond acceptors (Lipinski definition) is 4. The maximum Gasteiger partial charge on any atom is 0.243 e. The summed E-state index contributed by atoms with van der Waals surface area (Å²) in [5, 5.41) is 0. The van der Waals surface area contributed by atoms with E-state index in [1.165, 1.54) is 24.4 Å². The van der Waals surface area contributed by atoms with Crippen LogP contribution in [0.3, 0.4) is 0 Å². The zero-order valence-electron chi connectivity index (χ0n) is 15.3. The molecule has 4 rings (SSSR count). The Morgan fingerprint density at radius 3 is 2.54 bits per heavy atom. The molecule has 0 radical (unpaired) electrons. The molecule has 2 fully saturated rings. The summed E-state index contributed by atoms with van der Waals surface area (Å²) in [7, 11) is -1.94. The molecule has 0 unspecified atom stereocenters. The van der Waals surface area contributed by atoms with Gasteiger partial charge in [-0.1, -0.05) is 6.07 Å². The molecule has 0 bridgehead atoms. The summed E-state index contributed by atoms with van der Waals surface area (Å²) >= 11 is 0. The molecule has 2 heterocycles. The minimum absolute atomic E-state index is 0.299. The second-order valence-electron chi connectivity index (χ2n) is 7.22. The third-order valence-electron chi connectivity index (χ3n) is 5.42. The van der Waals surface area contributed by atoms with E-state index < -0.39 is 10.0 Å². The van der Waals surface area contributed by atoms with Gasteiger partial charge >= 0.3 is 0 Å². The summed E-state index contributed by atoms with van der Waals surface area (Å²) in [5.41, 5.74) is 1.18. The fourth-order valence-electron chi connectivity index (χ4n) is 3.83. The average Bonchev–Trinajstić information content (AvgIpc) is 3.44. The molecule has 2 aliphatic rings. The van der Waals surface area contributed by atoms with Gasteiger partial charge in [-0.2, -0.15) is 4.31 Å². The van der Waals surface area contributed by atoms with Crippen LogP contribution in [0.15, 0.2) is 35.4 Å². The Labute approximate surface area is 154 Å². The highest BCUT2D eigenvalue weighted by molar-refractivity contribution is 7.89. The molecule has 140 valence electrons. The van der Waals surface area contributed by atoms with Gasteiger partial charge in [0.25, 0.3) is 0 Å². The summed E-state index contributed by atoms with van der Waals surface area (Å²) < 4.78 is 35.0. The van der Waals surface area contributed by atoms with Crippen LogP contribution in [0.2, 0.25) is 0 Å². The van der Waals surface area contributed by atoms with Gasteiger partial charge in [0.1, 0.15) is 11.6 Å². The molecular weight excluding hydrogens is 350 g/mol. The van der Waals surface area contributed by atoms with Crippen LogP contribution in [0.5, 0.6) is 5.75 Å². The lowest BCUT2D eigenvalue weighted by atomic mass is 10.1. The van der Waals surface area contributed by atoms with Gasteiger partial charge in [0.05, 0.1) is 12.0 Å². The number of nitrogens with zero attached hydrogens (tertiary/aromatic N) is 3. The Balaban J connectivity index is 1.50. The highest BCUT2D eigenvalue weighted by Crippen LogP contribution is 2.41. The van der Waals surface area contributed by atoms with E-state index in [0.29, 0.717) is 35.7 Å². The number of piperidine rings is 1.